The number of likely N-dealkylation sites (N-methyl/N-ethyl adjacent to an activating group) is 6. The summed E-state index contributed by atoms with van der Waals surface area (Å²) in [6, 6.07) is -13.9. The van der Waals surface area contributed by atoms with Crippen LogP contribution in [0.15, 0.2) is 0 Å². The van der Waals surface area contributed by atoms with Gasteiger partial charge < -0.3 is 75.5 Å². The van der Waals surface area contributed by atoms with Gasteiger partial charge in [0.05, 0.1) is 38.4 Å². The SMILES string of the molecule is CC[C@H]1C(=O)N[C@@H](COC(C)(C)C)C(=O)N(C)[C@@H](CC2CCCCC2)C(=O)N(C)[C@@H](CC(C)C)C(=O)N[C@H](C(=O)N2CCCCC2)CC(=O)N[C@H](CC(C)C)C(=O)N(C)[C@@H](CC2CCCCC2)C(=O)N[C@@H](CC(C)C)C(=O)N(C)[C@@H](CC)C(=O)N[C@@H](COCC(O)C(F)(F)F)C(=O)N(C)CC(=O)N1C. The fraction of sp³-hybridized carbons (Fsp3) is 0.838. The number of halogens is 3. The Morgan fingerprint density at radius 3 is 1.38 bits per heavy atom. The summed E-state index contributed by atoms with van der Waals surface area (Å²) in [5.74, 6) is -10.1. The van der Waals surface area contributed by atoms with Gasteiger partial charge in [0, 0.05) is 55.4 Å². The number of hydrogen-bond donors (Lipinski definition) is 6. The molecular formula is C74H127F3N12O15. The maximum absolute atomic E-state index is 15.6. The van der Waals surface area contributed by atoms with Gasteiger partial charge in [0.15, 0.2) is 6.10 Å². The Hall–Kier alpha value is -6.69. The van der Waals surface area contributed by atoms with Gasteiger partial charge in [0.25, 0.3) is 0 Å². The fourth-order valence-corrected chi connectivity index (χ4v) is 14.4. The van der Waals surface area contributed by atoms with Gasteiger partial charge in [0.1, 0.15) is 60.4 Å². The lowest BCUT2D eigenvalue weighted by Crippen LogP contribution is -2.61. The minimum atomic E-state index is -5.13. The quantitative estimate of drug-likeness (QED) is 0.0983. The molecule has 0 aromatic heterocycles. The highest BCUT2D eigenvalue weighted by Crippen LogP contribution is 2.32. The standard InChI is InChI=1S/C74H127F3N12O15/c1-18-55-63(93)82-54(43-104-73(9,10)11)70(100)88(17)59(39-49-31-25-21-26-32-49)72(102)87(16)57(37-47(7)8)65(95)80-52(71(101)89-33-27-22-28-34-89)40-61(91)78-50(35-45(3)4)68(98)86(15)58(38-48-29-23-20-24-30-48)66(96)79-51(36-46(5)6)69(99)85(14)56(19-2)64(94)81-53(42-103-44-60(90)74(75,76)77)67(97)83(12)41-62(92)84(55)13/h45-60,90H,18-44H2,1-17H3,(H,78,91)(H,79,96)(H,80,95)(H,81,94)(H,82,93)/t50-,51+,52+,53+,54+,55+,56+,57+,58+,59+,60?/m1/s1. The third-order valence-corrected chi connectivity index (χ3v) is 20.6. The van der Waals surface area contributed by atoms with Crippen molar-refractivity contribution < 1.29 is 85.3 Å². The summed E-state index contributed by atoms with van der Waals surface area (Å²) in [5, 5.41) is 23.8. The summed E-state index contributed by atoms with van der Waals surface area (Å²) in [6.45, 7) is 16.5. The van der Waals surface area contributed by atoms with Crippen LogP contribution in [0.3, 0.4) is 0 Å². The van der Waals surface area contributed by atoms with Crippen LogP contribution in [0.25, 0.3) is 0 Å². The van der Waals surface area contributed by atoms with Gasteiger partial charge in [0.2, 0.25) is 70.9 Å². The number of alkyl halides is 3. The van der Waals surface area contributed by atoms with Crippen molar-refractivity contribution in [3.63, 3.8) is 0 Å². The molecule has 2 aliphatic carbocycles. The Kier molecular flexibility index (Phi) is 36.2. The molecule has 2 saturated carbocycles. The summed E-state index contributed by atoms with van der Waals surface area (Å²) >= 11 is 0. The highest BCUT2D eigenvalue weighted by atomic mass is 19.4. The Morgan fingerprint density at radius 2 is 0.894 bits per heavy atom. The van der Waals surface area contributed by atoms with Gasteiger partial charge in [-0.25, -0.2) is 0 Å². The second-order valence-electron chi connectivity index (χ2n) is 31.7. The van der Waals surface area contributed by atoms with Crippen molar-refractivity contribution in [1.29, 1.82) is 0 Å². The minimum Gasteiger partial charge on any atom is -0.382 e. The number of aliphatic hydroxyl groups excluding tert-OH is 1. The highest BCUT2D eigenvalue weighted by molar-refractivity contribution is 6.00. The molecule has 2 aliphatic heterocycles. The largest absolute Gasteiger partial charge is 0.416 e. The molecule has 4 fully saturated rings. The van der Waals surface area contributed by atoms with Gasteiger partial charge >= 0.3 is 6.18 Å². The molecule has 1 unspecified atom stereocenters. The molecule has 30 heteroatoms. The monoisotopic (exact) mass is 1480 g/mol. The van der Waals surface area contributed by atoms with Crippen LogP contribution in [-0.4, -0.2) is 270 Å². The Balaban J connectivity index is 1.97. The summed E-state index contributed by atoms with van der Waals surface area (Å²) < 4.78 is 52.1. The van der Waals surface area contributed by atoms with E-state index in [-0.39, 0.29) is 74.5 Å². The zero-order valence-electron chi connectivity index (χ0n) is 65.3. The van der Waals surface area contributed by atoms with Crippen LogP contribution < -0.4 is 26.6 Å². The van der Waals surface area contributed by atoms with E-state index >= 15 is 24.0 Å². The maximum atomic E-state index is 15.6. The second kappa shape index (κ2) is 42.0. The van der Waals surface area contributed by atoms with Gasteiger partial charge in [-0.3, -0.25) is 57.5 Å². The smallest absolute Gasteiger partial charge is 0.382 e. The molecule has 0 aromatic rings. The Bertz CT molecular complexity index is 2860. The normalized spacial score (nSPS) is 27.0. The molecule has 0 bridgehead atoms. The highest BCUT2D eigenvalue weighted by Gasteiger charge is 2.45. The number of rotatable bonds is 19. The lowest BCUT2D eigenvalue weighted by molar-refractivity contribution is -0.217. The molecule has 2 saturated heterocycles. The first kappa shape index (κ1) is 89.7. The first-order chi connectivity index (χ1) is 48.6. The van der Waals surface area contributed by atoms with Crippen molar-refractivity contribution in [1.82, 2.24) is 60.9 Å². The number of carbonyl (C=O) groups excluding carboxylic acids is 12. The molecule has 12 amide bonds. The average molecular weight is 1480 g/mol. The molecule has 594 valence electrons. The molecule has 0 radical (unpaired) electrons. The molecule has 11 atom stereocenters. The molecule has 0 aromatic carbocycles. The van der Waals surface area contributed by atoms with Crippen LogP contribution in [0.2, 0.25) is 0 Å². The van der Waals surface area contributed by atoms with E-state index in [0.29, 0.717) is 25.9 Å². The van der Waals surface area contributed by atoms with E-state index < -0.39 is 182 Å². The zero-order chi connectivity index (χ0) is 78.2. The van der Waals surface area contributed by atoms with E-state index in [4.69, 9.17) is 9.47 Å². The third-order valence-electron chi connectivity index (χ3n) is 20.6. The minimum absolute atomic E-state index is 0.0262. The number of likely N-dealkylation sites (tertiary alicyclic amines) is 1. The topological polar surface area (TPSA) is 326 Å². The van der Waals surface area contributed by atoms with E-state index in [0.717, 1.165) is 92.4 Å². The summed E-state index contributed by atoms with van der Waals surface area (Å²) in [6.07, 6.45) is 2.14. The number of carbonyl (C=O) groups is 12. The predicted octanol–water partition coefficient (Wildman–Crippen LogP) is 5.07. The lowest BCUT2D eigenvalue weighted by atomic mass is 9.84. The lowest BCUT2D eigenvalue weighted by Gasteiger charge is -2.39. The molecule has 27 nitrogen and oxygen atoms in total. The van der Waals surface area contributed by atoms with Gasteiger partial charge in [-0.1, -0.05) is 120 Å². The molecule has 4 aliphatic rings. The first-order valence-corrected chi connectivity index (χ1v) is 38.0. The van der Waals surface area contributed by atoms with E-state index in [1.807, 2.05) is 27.7 Å². The van der Waals surface area contributed by atoms with Crippen molar-refractivity contribution in [2.45, 2.75) is 289 Å². The van der Waals surface area contributed by atoms with Crippen LogP contribution in [0.4, 0.5) is 13.2 Å². The van der Waals surface area contributed by atoms with Crippen molar-refractivity contribution in [2.24, 2.45) is 29.6 Å². The van der Waals surface area contributed by atoms with Crippen LogP contribution in [-0.2, 0) is 67.0 Å². The molecule has 2 heterocycles. The summed E-state index contributed by atoms with van der Waals surface area (Å²) in [7, 11) is 8.08. The Labute approximate surface area is 615 Å². The molecular weight excluding hydrogens is 1350 g/mol. The summed E-state index contributed by atoms with van der Waals surface area (Å²) in [5.41, 5.74) is -0.881. The van der Waals surface area contributed by atoms with E-state index in [9.17, 15) is 51.8 Å². The van der Waals surface area contributed by atoms with Crippen molar-refractivity contribution in [3.8, 4) is 0 Å². The summed E-state index contributed by atoms with van der Waals surface area (Å²) in [4.78, 5) is 188. The first-order valence-electron chi connectivity index (χ1n) is 38.0. The van der Waals surface area contributed by atoms with Crippen LogP contribution >= 0.6 is 0 Å². The number of amides is 12. The van der Waals surface area contributed by atoms with Crippen LogP contribution in [0.5, 0.6) is 0 Å². The Morgan fingerprint density at radius 1 is 0.490 bits per heavy atom. The number of ether oxygens (including phenoxy) is 2. The van der Waals surface area contributed by atoms with Crippen molar-refractivity contribution in [3.05, 3.63) is 0 Å². The van der Waals surface area contributed by atoms with Gasteiger partial charge in [-0.05, 0) is 115 Å². The number of nitrogens with one attached hydrogen (secondary N) is 5. The van der Waals surface area contributed by atoms with Gasteiger partial charge in [-0.15, -0.1) is 0 Å². The molecule has 0 spiro atoms. The third kappa shape index (κ3) is 27.6. The van der Waals surface area contributed by atoms with Crippen LogP contribution in [0.1, 0.15) is 211 Å². The predicted molar refractivity (Wildman–Crippen MR) is 385 cm³/mol. The van der Waals surface area contributed by atoms with E-state index in [1.165, 1.54) is 49.9 Å². The fourth-order valence-electron chi connectivity index (χ4n) is 14.4. The van der Waals surface area contributed by atoms with Crippen molar-refractivity contribution in [2.75, 3.05) is 81.7 Å². The molecule has 104 heavy (non-hydrogen) atoms. The molecule has 4 rings (SSSR count). The van der Waals surface area contributed by atoms with E-state index in [1.54, 1.807) is 53.4 Å². The van der Waals surface area contributed by atoms with Crippen molar-refractivity contribution >= 4 is 70.9 Å². The number of piperidine rings is 1. The zero-order valence-corrected chi connectivity index (χ0v) is 65.3. The number of aliphatic hydroxyl groups is 1. The number of hydrogen-bond acceptors (Lipinski definition) is 15. The van der Waals surface area contributed by atoms with E-state index in [2.05, 4.69) is 26.6 Å². The second-order valence-corrected chi connectivity index (χ2v) is 31.7. The maximum Gasteiger partial charge on any atom is 0.416 e. The van der Waals surface area contributed by atoms with Gasteiger partial charge in [-0.2, -0.15) is 13.2 Å². The number of nitrogens with zero attached hydrogens (tertiary/aromatic N) is 7. The van der Waals surface area contributed by atoms with Crippen LogP contribution in [0, 0.1) is 29.6 Å². The average Bonchev–Trinajstić information content (AvgIpc) is 0.789. The molecule has 6 N–H and O–H groups in total.